The van der Waals surface area contributed by atoms with E-state index in [2.05, 4.69) is 20.2 Å². The molecule has 276 valence electrons. The summed E-state index contributed by atoms with van der Waals surface area (Å²) in [5, 5.41) is 25.3. The number of anilines is 1. The van der Waals surface area contributed by atoms with Gasteiger partial charge >= 0.3 is 6.18 Å². The second-order valence-electron chi connectivity index (χ2n) is 12.7. The fourth-order valence-corrected chi connectivity index (χ4v) is 6.90. The minimum Gasteiger partial charge on any atom is -0.509 e. The van der Waals surface area contributed by atoms with Crippen molar-refractivity contribution in [1.29, 1.82) is 5.26 Å². The lowest BCUT2D eigenvalue weighted by Gasteiger charge is -2.46. The number of carbonyl (C=O) groups is 2. The van der Waals surface area contributed by atoms with E-state index in [0.29, 0.717) is 51.4 Å². The normalized spacial score (nSPS) is 24.3. The number of amides is 2. The van der Waals surface area contributed by atoms with Gasteiger partial charge < -0.3 is 19.9 Å². The fourth-order valence-electron chi connectivity index (χ4n) is 6.66. The van der Waals surface area contributed by atoms with Gasteiger partial charge in [0.15, 0.2) is 18.0 Å². The molecule has 0 saturated carbocycles. The highest BCUT2D eigenvalue weighted by Crippen LogP contribution is 2.43. The van der Waals surface area contributed by atoms with Gasteiger partial charge in [0.1, 0.15) is 41.1 Å². The number of rotatable bonds is 9. The molecular formula is C34H33ClF5N7O5. The third kappa shape index (κ3) is 7.07. The molecule has 0 radical (unpaired) electrons. The SMILES string of the molecule is C[C@]12CCCN1N(CC1=CC=C(OCCN3CCOCC3)C(F)C1F)C(=O)C(C(=O)Nc1ccc(C(F)(F)F)cc1-c1ncnc(C#N)c1Cl)=C2O. The number of allylic oxidation sites excluding steroid dienone is 3. The summed E-state index contributed by atoms with van der Waals surface area (Å²) in [4.78, 5) is 37.6. The first kappa shape index (κ1) is 37.1. The quantitative estimate of drug-likeness (QED) is 0.269. The molecule has 0 bridgehead atoms. The lowest BCUT2D eigenvalue weighted by molar-refractivity contribution is -0.157. The maximum atomic E-state index is 15.6. The van der Waals surface area contributed by atoms with Gasteiger partial charge in [0.2, 0.25) is 0 Å². The highest BCUT2D eigenvalue weighted by molar-refractivity contribution is 6.34. The van der Waals surface area contributed by atoms with E-state index in [9.17, 15) is 33.1 Å². The molecule has 2 aromatic rings. The number of fused-ring (bicyclic) bond motifs is 1. The van der Waals surface area contributed by atoms with Crippen molar-refractivity contribution in [2.24, 2.45) is 0 Å². The van der Waals surface area contributed by atoms with Crippen molar-refractivity contribution in [2.45, 2.75) is 43.8 Å². The molecule has 2 N–H and O–H groups in total. The summed E-state index contributed by atoms with van der Waals surface area (Å²) in [6.07, 6.45) is -4.88. The Morgan fingerprint density at radius 3 is 2.65 bits per heavy atom. The standard InChI is InChI=1S/C34H33ClF5N7O5/c1-33-7-2-8-47(33)46(17-19-3-6-24(28(37)27(19)36)52-14-11-45-9-12-51-13-10-45)32(50)25(30(33)48)31(49)44-22-5-4-20(34(38,39)40)15-21(22)29-26(35)23(16-41)42-18-43-29/h3-6,15,18,27-28,48H,2,7-14,17H2,1H3,(H,44,49)/t27?,28?,33-/m1/s1. The maximum Gasteiger partial charge on any atom is 0.416 e. The topological polar surface area (TPSA) is 144 Å². The molecule has 4 heterocycles. The molecule has 18 heteroatoms. The predicted octanol–water partition coefficient (Wildman–Crippen LogP) is 4.90. The van der Waals surface area contributed by atoms with Crippen LogP contribution in [0, 0.1) is 11.3 Å². The highest BCUT2D eigenvalue weighted by atomic mass is 35.5. The number of alkyl halides is 5. The van der Waals surface area contributed by atoms with Crippen LogP contribution in [0.2, 0.25) is 5.02 Å². The monoisotopic (exact) mass is 749 g/mol. The van der Waals surface area contributed by atoms with Gasteiger partial charge in [0, 0.05) is 31.7 Å². The molecule has 2 fully saturated rings. The second kappa shape index (κ2) is 14.8. The van der Waals surface area contributed by atoms with Crippen molar-refractivity contribution >= 4 is 29.1 Å². The van der Waals surface area contributed by atoms with E-state index in [1.165, 1.54) is 17.2 Å². The Labute approximate surface area is 299 Å². The third-order valence-electron chi connectivity index (χ3n) is 9.52. The number of benzene rings is 1. The summed E-state index contributed by atoms with van der Waals surface area (Å²) in [6.45, 7) is 4.53. The summed E-state index contributed by atoms with van der Waals surface area (Å²) >= 11 is 6.26. The number of aromatic nitrogens is 2. The first-order valence-corrected chi connectivity index (χ1v) is 16.7. The summed E-state index contributed by atoms with van der Waals surface area (Å²) in [5.74, 6) is -3.04. The number of aliphatic hydroxyl groups excluding tert-OH is 1. The Kier molecular flexibility index (Phi) is 10.6. The molecule has 0 spiro atoms. The minimum absolute atomic E-state index is 0.117. The van der Waals surface area contributed by atoms with E-state index in [0.717, 1.165) is 17.4 Å². The average molecular weight is 750 g/mol. The molecule has 3 atom stereocenters. The number of morpholine rings is 1. The number of ether oxygens (including phenoxy) is 2. The molecule has 2 unspecified atom stereocenters. The van der Waals surface area contributed by atoms with Crippen LogP contribution in [-0.2, 0) is 25.2 Å². The van der Waals surface area contributed by atoms with Crippen LogP contribution in [0.15, 0.2) is 59.3 Å². The number of nitriles is 1. The van der Waals surface area contributed by atoms with E-state index < -0.39 is 59.3 Å². The van der Waals surface area contributed by atoms with Crippen LogP contribution in [0.3, 0.4) is 0 Å². The van der Waals surface area contributed by atoms with Crippen LogP contribution in [0.1, 0.15) is 31.0 Å². The zero-order valence-corrected chi connectivity index (χ0v) is 28.5. The van der Waals surface area contributed by atoms with Gasteiger partial charge in [-0.1, -0.05) is 17.7 Å². The van der Waals surface area contributed by atoms with Crippen LogP contribution in [0.5, 0.6) is 0 Å². The van der Waals surface area contributed by atoms with E-state index in [1.807, 2.05) is 0 Å². The van der Waals surface area contributed by atoms with Crippen molar-refractivity contribution < 1.29 is 46.1 Å². The van der Waals surface area contributed by atoms with Gasteiger partial charge in [-0.25, -0.2) is 23.8 Å². The zero-order chi connectivity index (χ0) is 37.4. The first-order chi connectivity index (χ1) is 24.7. The Morgan fingerprint density at radius 2 is 1.94 bits per heavy atom. The van der Waals surface area contributed by atoms with E-state index in [4.69, 9.17) is 21.1 Å². The molecule has 52 heavy (non-hydrogen) atoms. The Morgan fingerprint density at radius 1 is 1.19 bits per heavy atom. The fraction of sp³-hybridized carbons (Fsp3) is 0.441. The molecule has 4 aliphatic rings. The van der Waals surface area contributed by atoms with Crippen LogP contribution in [0.25, 0.3) is 11.3 Å². The third-order valence-corrected chi connectivity index (χ3v) is 9.88. The highest BCUT2D eigenvalue weighted by Gasteiger charge is 2.53. The number of hydrogen-bond acceptors (Lipinski definition) is 10. The number of hydrazine groups is 1. The average Bonchev–Trinajstić information content (AvgIpc) is 3.52. The van der Waals surface area contributed by atoms with Crippen LogP contribution >= 0.6 is 11.6 Å². The summed E-state index contributed by atoms with van der Waals surface area (Å²) in [6, 6.07) is 3.97. The smallest absolute Gasteiger partial charge is 0.416 e. The number of aliphatic hydroxyl groups is 1. The zero-order valence-electron chi connectivity index (χ0n) is 27.7. The maximum absolute atomic E-state index is 15.6. The Balaban J connectivity index is 1.28. The molecule has 2 saturated heterocycles. The van der Waals surface area contributed by atoms with E-state index in [1.54, 1.807) is 13.0 Å². The van der Waals surface area contributed by atoms with Crippen molar-refractivity contribution in [2.75, 3.05) is 57.9 Å². The predicted molar refractivity (Wildman–Crippen MR) is 176 cm³/mol. The van der Waals surface area contributed by atoms with Gasteiger partial charge in [0.05, 0.1) is 42.2 Å². The molecule has 1 aromatic heterocycles. The summed E-state index contributed by atoms with van der Waals surface area (Å²) < 4.78 is 83.1. The number of nitrogens with one attached hydrogen (secondary N) is 1. The largest absolute Gasteiger partial charge is 0.509 e. The minimum atomic E-state index is -4.82. The molecule has 12 nitrogen and oxygen atoms in total. The molecule has 1 aliphatic carbocycles. The first-order valence-electron chi connectivity index (χ1n) is 16.3. The van der Waals surface area contributed by atoms with E-state index in [-0.39, 0.29) is 58.6 Å². The molecule has 6 rings (SSSR count). The number of halogens is 6. The number of carbonyl (C=O) groups excluding carboxylic acids is 2. The van der Waals surface area contributed by atoms with Crippen molar-refractivity contribution in [3.8, 4) is 17.3 Å². The summed E-state index contributed by atoms with van der Waals surface area (Å²) in [7, 11) is 0. The molecule has 1 aromatic carbocycles. The Hall–Kier alpha value is -4.63. The van der Waals surface area contributed by atoms with Crippen LogP contribution < -0.4 is 5.32 Å². The van der Waals surface area contributed by atoms with Crippen molar-refractivity contribution in [3.05, 3.63) is 75.6 Å². The van der Waals surface area contributed by atoms with Gasteiger partial charge in [-0.15, -0.1) is 0 Å². The number of hydrogen-bond donors (Lipinski definition) is 2. The van der Waals surface area contributed by atoms with Crippen LogP contribution in [0.4, 0.5) is 27.6 Å². The Bertz CT molecular complexity index is 1890. The van der Waals surface area contributed by atoms with Gasteiger partial charge in [0.25, 0.3) is 11.8 Å². The molecule has 2 amide bonds. The van der Waals surface area contributed by atoms with E-state index >= 15 is 8.78 Å². The lowest BCUT2D eigenvalue weighted by Crippen LogP contribution is -2.61. The van der Waals surface area contributed by atoms with Crippen molar-refractivity contribution in [3.63, 3.8) is 0 Å². The molecular weight excluding hydrogens is 717 g/mol. The summed E-state index contributed by atoms with van der Waals surface area (Å²) in [5.41, 5.74) is -4.58. The lowest BCUT2D eigenvalue weighted by atomic mass is 9.90. The van der Waals surface area contributed by atoms with Gasteiger partial charge in [-0.2, -0.15) is 18.4 Å². The van der Waals surface area contributed by atoms with Crippen LogP contribution in [-0.4, -0.2) is 112 Å². The number of nitrogens with zero attached hydrogens (tertiary/aromatic N) is 6. The second-order valence-corrected chi connectivity index (χ2v) is 13.1. The van der Waals surface area contributed by atoms with Gasteiger partial charge in [-0.3, -0.25) is 19.5 Å². The van der Waals surface area contributed by atoms with Crippen molar-refractivity contribution in [1.82, 2.24) is 24.9 Å². The molecule has 3 aliphatic heterocycles. The van der Waals surface area contributed by atoms with Gasteiger partial charge in [-0.05, 0) is 49.6 Å².